The van der Waals surface area contributed by atoms with Crippen molar-refractivity contribution in [3.63, 3.8) is 0 Å². The van der Waals surface area contributed by atoms with Gasteiger partial charge in [-0.25, -0.2) is 4.39 Å². The number of piperidine rings is 1. The Morgan fingerprint density at radius 3 is 2.55 bits per heavy atom. The van der Waals surface area contributed by atoms with Crippen LogP contribution in [0.25, 0.3) is 0 Å². The second-order valence-electron chi connectivity index (χ2n) is 5.07. The average molecular weight is 279 g/mol. The number of halogens is 1. The highest BCUT2D eigenvalue weighted by molar-refractivity contribution is 5.94. The van der Waals surface area contributed by atoms with Crippen molar-refractivity contribution in [1.29, 1.82) is 0 Å². The molecule has 1 aliphatic rings. The molecule has 0 unspecified atom stereocenters. The zero-order valence-corrected chi connectivity index (χ0v) is 11.7. The number of hydrogen-bond donors (Lipinski definition) is 0. The van der Waals surface area contributed by atoms with Gasteiger partial charge in [-0.15, -0.1) is 0 Å². The summed E-state index contributed by atoms with van der Waals surface area (Å²) in [6, 6.07) is 4.50. The summed E-state index contributed by atoms with van der Waals surface area (Å²) in [5.41, 5.74) is 0.945. The fraction of sp³-hybridized carbons (Fsp3) is 0.467. The molecule has 1 heterocycles. The van der Waals surface area contributed by atoms with Crippen molar-refractivity contribution in [2.24, 2.45) is 5.92 Å². The highest BCUT2D eigenvalue weighted by atomic mass is 19.1. The van der Waals surface area contributed by atoms with Gasteiger partial charge < -0.3 is 9.64 Å². The first-order valence-corrected chi connectivity index (χ1v) is 6.66. The van der Waals surface area contributed by atoms with Gasteiger partial charge in [0.2, 0.25) is 0 Å². The number of aryl methyl sites for hydroxylation is 1. The van der Waals surface area contributed by atoms with Crippen LogP contribution in [0, 0.1) is 18.7 Å². The van der Waals surface area contributed by atoms with Crippen LogP contribution in [-0.4, -0.2) is 37.0 Å². The van der Waals surface area contributed by atoms with E-state index in [0.717, 1.165) is 5.56 Å². The number of nitrogens with zero attached hydrogens (tertiary/aromatic N) is 1. The van der Waals surface area contributed by atoms with Crippen molar-refractivity contribution in [3.8, 4) is 0 Å². The van der Waals surface area contributed by atoms with Crippen LogP contribution in [0.2, 0.25) is 0 Å². The Kier molecular flexibility index (Phi) is 4.37. The molecule has 108 valence electrons. The molecule has 0 radical (unpaired) electrons. The quantitative estimate of drug-likeness (QED) is 0.779. The second kappa shape index (κ2) is 6.03. The lowest BCUT2D eigenvalue weighted by Crippen LogP contribution is -2.40. The molecule has 0 aromatic heterocycles. The van der Waals surface area contributed by atoms with E-state index in [-0.39, 0.29) is 23.4 Å². The lowest BCUT2D eigenvalue weighted by molar-refractivity contribution is -0.146. The van der Waals surface area contributed by atoms with E-state index in [1.54, 1.807) is 17.0 Å². The largest absolute Gasteiger partial charge is 0.469 e. The SMILES string of the molecule is COC(=O)C1CCN(C(=O)c2cc(C)ccc2F)CC1. The number of hydrogen-bond acceptors (Lipinski definition) is 3. The van der Waals surface area contributed by atoms with Crippen LogP contribution in [0.5, 0.6) is 0 Å². The van der Waals surface area contributed by atoms with E-state index in [1.165, 1.54) is 13.2 Å². The van der Waals surface area contributed by atoms with Crippen molar-refractivity contribution in [2.45, 2.75) is 19.8 Å². The van der Waals surface area contributed by atoms with Crippen LogP contribution in [0.15, 0.2) is 18.2 Å². The summed E-state index contributed by atoms with van der Waals surface area (Å²) in [5, 5.41) is 0. The minimum absolute atomic E-state index is 0.0986. The van der Waals surface area contributed by atoms with Gasteiger partial charge in [-0.3, -0.25) is 9.59 Å². The van der Waals surface area contributed by atoms with Crippen LogP contribution < -0.4 is 0 Å². The third-order valence-electron chi connectivity index (χ3n) is 3.67. The van der Waals surface area contributed by atoms with E-state index < -0.39 is 5.82 Å². The molecule has 2 rings (SSSR count). The number of benzene rings is 1. The zero-order chi connectivity index (χ0) is 14.7. The standard InChI is InChI=1S/C15H18FNO3/c1-10-3-4-13(16)12(9-10)14(18)17-7-5-11(6-8-17)15(19)20-2/h3-4,9,11H,5-8H2,1-2H3. The Labute approximate surface area is 117 Å². The van der Waals surface area contributed by atoms with Gasteiger partial charge in [0, 0.05) is 13.1 Å². The first kappa shape index (κ1) is 14.5. The molecule has 0 N–H and O–H groups in total. The van der Waals surface area contributed by atoms with Crippen molar-refractivity contribution in [1.82, 2.24) is 4.90 Å². The van der Waals surface area contributed by atoms with E-state index in [4.69, 9.17) is 4.74 Å². The fourth-order valence-electron chi connectivity index (χ4n) is 2.46. The number of amides is 1. The third-order valence-corrected chi connectivity index (χ3v) is 3.67. The number of carbonyl (C=O) groups excluding carboxylic acids is 2. The van der Waals surface area contributed by atoms with Crippen molar-refractivity contribution in [3.05, 3.63) is 35.1 Å². The molecule has 0 aliphatic carbocycles. The molecular weight excluding hydrogens is 261 g/mol. The van der Waals surface area contributed by atoms with Crippen LogP contribution in [0.4, 0.5) is 4.39 Å². The average Bonchev–Trinajstić information content (AvgIpc) is 2.48. The topological polar surface area (TPSA) is 46.6 Å². The number of ether oxygens (including phenoxy) is 1. The van der Waals surface area contributed by atoms with Crippen LogP contribution in [0.3, 0.4) is 0 Å². The highest BCUT2D eigenvalue weighted by Crippen LogP contribution is 2.21. The van der Waals surface area contributed by atoms with E-state index in [2.05, 4.69) is 0 Å². The molecule has 5 heteroatoms. The molecule has 0 spiro atoms. The predicted octanol–water partition coefficient (Wildman–Crippen LogP) is 2.16. The molecule has 1 saturated heterocycles. The van der Waals surface area contributed by atoms with Gasteiger partial charge in [-0.2, -0.15) is 0 Å². The molecule has 1 fully saturated rings. The van der Waals surface area contributed by atoms with Gasteiger partial charge in [0.05, 0.1) is 18.6 Å². The Balaban J connectivity index is 2.05. The number of methoxy groups -OCH3 is 1. The zero-order valence-electron chi connectivity index (χ0n) is 11.7. The lowest BCUT2D eigenvalue weighted by atomic mass is 9.96. The smallest absolute Gasteiger partial charge is 0.308 e. The highest BCUT2D eigenvalue weighted by Gasteiger charge is 2.29. The summed E-state index contributed by atoms with van der Waals surface area (Å²) in [5.74, 6) is -1.21. The van der Waals surface area contributed by atoms with Crippen molar-refractivity contribution < 1.29 is 18.7 Å². The minimum Gasteiger partial charge on any atom is -0.469 e. The van der Waals surface area contributed by atoms with Crippen molar-refractivity contribution in [2.75, 3.05) is 20.2 Å². The molecular formula is C15H18FNO3. The lowest BCUT2D eigenvalue weighted by Gasteiger charge is -2.30. The maximum absolute atomic E-state index is 13.7. The number of likely N-dealkylation sites (tertiary alicyclic amines) is 1. The van der Waals surface area contributed by atoms with E-state index >= 15 is 0 Å². The molecule has 20 heavy (non-hydrogen) atoms. The first-order chi connectivity index (χ1) is 9.52. The van der Waals surface area contributed by atoms with E-state index in [1.807, 2.05) is 6.92 Å². The van der Waals surface area contributed by atoms with Gasteiger partial charge in [0.25, 0.3) is 5.91 Å². The molecule has 1 aromatic rings. The van der Waals surface area contributed by atoms with Crippen LogP contribution >= 0.6 is 0 Å². The summed E-state index contributed by atoms with van der Waals surface area (Å²) >= 11 is 0. The van der Waals surface area contributed by atoms with Gasteiger partial charge >= 0.3 is 5.97 Å². The molecule has 0 atom stereocenters. The Bertz CT molecular complexity index is 522. The second-order valence-corrected chi connectivity index (χ2v) is 5.07. The summed E-state index contributed by atoms with van der Waals surface area (Å²) < 4.78 is 18.4. The number of carbonyl (C=O) groups is 2. The Morgan fingerprint density at radius 1 is 1.30 bits per heavy atom. The van der Waals surface area contributed by atoms with Gasteiger partial charge in [0.15, 0.2) is 0 Å². The molecule has 1 amide bonds. The molecule has 1 aliphatic heterocycles. The van der Waals surface area contributed by atoms with Crippen molar-refractivity contribution >= 4 is 11.9 Å². The normalized spacial score (nSPS) is 16.1. The first-order valence-electron chi connectivity index (χ1n) is 6.66. The Hall–Kier alpha value is -1.91. The number of rotatable bonds is 2. The predicted molar refractivity (Wildman–Crippen MR) is 71.8 cm³/mol. The van der Waals surface area contributed by atoms with Gasteiger partial charge in [0.1, 0.15) is 5.82 Å². The maximum Gasteiger partial charge on any atom is 0.308 e. The monoisotopic (exact) mass is 279 g/mol. The van der Waals surface area contributed by atoms with Crippen LogP contribution in [-0.2, 0) is 9.53 Å². The fourth-order valence-corrected chi connectivity index (χ4v) is 2.46. The minimum atomic E-state index is -0.504. The third kappa shape index (κ3) is 2.98. The molecule has 4 nitrogen and oxygen atoms in total. The van der Waals surface area contributed by atoms with E-state index in [0.29, 0.717) is 25.9 Å². The summed E-state index contributed by atoms with van der Waals surface area (Å²) in [6.07, 6.45) is 1.12. The molecule has 0 saturated carbocycles. The summed E-state index contributed by atoms with van der Waals surface area (Å²) in [6.45, 7) is 2.72. The summed E-state index contributed by atoms with van der Waals surface area (Å²) in [7, 11) is 1.36. The molecule has 0 bridgehead atoms. The van der Waals surface area contributed by atoms with Crippen LogP contribution in [0.1, 0.15) is 28.8 Å². The van der Waals surface area contributed by atoms with E-state index in [9.17, 15) is 14.0 Å². The van der Waals surface area contributed by atoms with Gasteiger partial charge in [-0.05, 0) is 31.9 Å². The Morgan fingerprint density at radius 2 is 1.95 bits per heavy atom. The summed E-state index contributed by atoms with van der Waals surface area (Å²) in [4.78, 5) is 25.3. The number of esters is 1. The van der Waals surface area contributed by atoms with Gasteiger partial charge in [-0.1, -0.05) is 11.6 Å². The maximum atomic E-state index is 13.7. The molecule has 1 aromatic carbocycles.